The molecule has 1 aromatic carbocycles. The molecule has 0 aliphatic carbocycles. The van der Waals surface area contributed by atoms with Gasteiger partial charge in [0.25, 0.3) is 5.69 Å². The maximum atomic E-state index is 12.6. The van der Waals surface area contributed by atoms with Gasteiger partial charge in [-0.15, -0.1) is 0 Å². The Balaban J connectivity index is 2.76. The lowest BCUT2D eigenvalue weighted by atomic mass is 10.1. The van der Waals surface area contributed by atoms with E-state index < -0.39 is 40.8 Å². The van der Waals surface area contributed by atoms with Crippen molar-refractivity contribution in [2.75, 3.05) is 25.5 Å². The number of hydrogen-bond acceptors (Lipinski definition) is 5. The molecule has 0 saturated carbocycles. The van der Waals surface area contributed by atoms with Gasteiger partial charge in [0.15, 0.2) is 0 Å². The first-order valence-corrected chi connectivity index (χ1v) is 6.57. The molecule has 0 bridgehead atoms. The molecule has 0 heterocycles. The minimum atomic E-state index is -4.71. The smallest absolute Gasteiger partial charge is 0.416 e. The number of nitrogens with zero attached hydrogens (tertiary/aromatic N) is 2. The van der Waals surface area contributed by atoms with Crippen molar-refractivity contribution >= 4 is 23.3 Å². The Morgan fingerprint density at radius 1 is 1.38 bits per heavy atom. The molecule has 0 aromatic heterocycles. The zero-order valence-corrected chi connectivity index (χ0v) is 12.5. The van der Waals surface area contributed by atoms with Crippen LogP contribution in [0.2, 0.25) is 0 Å². The second-order valence-electron chi connectivity index (χ2n) is 4.81. The highest BCUT2D eigenvalue weighted by Crippen LogP contribution is 2.34. The summed E-state index contributed by atoms with van der Waals surface area (Å²) in [5.74, 6) is -1.73. The number of carboxylic acid groups (broad SMARTS) is 1. The maximum Gasteiger partial charge on any atom is 0.416 e. The van der Waals surface area contributed by atoms with Crippen LogP contribution in [-0.4, -0.2) is 46.9 Å². The summed E-state index contributed by atoms with van der Waals surface area (Å²) in [5.41, 5.74) is -2.09. The zero-order chi connectivity index (χ0) is 18.5. The van der Waals surface area contributed by atoms with Crippen molar-refractivity contribution in [1.82, 2.24) is 4.90 Å². The van der Waals surface area contributed by atoms with Crippen LogP contribution < -0.4 is 5.32 Å². The topological polar surface area (TPSA) is 113 Å². The summed E-state index contributed by atoms with van der Waals surface area (Å²) in [6.07, 6.45) is -4.89. The van der Waals surface area contributed by atoms with E-state index in [1.807, 2.05) is 0 Å². The highest BCUT2D eigenvalue weighted by atomic mass is 19.4. The third kappa shape index (κ3) is 5.41. The Hall–Kier alpha value is -2.85. The molecule has 8 nitrogen and oxygen atoms in total. The Kier molecular flexibility index (Phi) is 6.09. The first-order valence-electron chi connectivity index (χ1n) is 6.57. The van der Waals surface area contributed by atoms with E-state index in [1.54, 1.807) is 0 Å². The number of carbonyl (C=O) groups is 2. The molecule has 0 aliphatic heterocycles. The second kappa shape index (κ2) is 7.62. The van der Waals surface area contributed by atoms with Crippen LogP contribution in [0, 0.1) is 10.1 Å². The van der Waals surface area contributed by atoms with Crippen molar-refractivity contribution in [3.05, 3.63) is 33.9 Å². The molecule has 0 spiro atoms. The van der Waals surface area contributed by atoms with Gasteiger partial charge in [0, 0.05) is 26.1 Å². The van der Waals surface area contributed by atoms with Crippen LogP contribution in [0.5, 0.6) is 0 Å². The van der Waals surface area contributed by atoms with E-state index in [-0.39, 0.29) is 18.7 Å². The number of anilines is 1. The van der Waals surface area contributed by atoms with Gasteiger partial charge in [-0.3, -0.25) is 19.7 Å². The largest absolute Gasteiger partial charge is 0.480 e. The van der Waals surface area contributed by atoms with Crippen LogP contribution in [0.25, 0.3) is 0 Å². The van der Waals surface area contributed by atoms with E-state index in [0.717, 1.165) is 11.0 Å². The number of carboxylic acids is 1. The van der Waals surface area contributed by atoms with Crippen molar-refractivity contribution < 1.29 is 32.8 Å². The van der Waals surface area contributed by atoms with Gasteiger partial charge < -0.3 is 15.3 Å². The Morgan fingerprint density at radius 2 is 2.00 bits per heavy atom. The molecule has 24 heavy (non-hydrogen) atoms. The van der Waals surface area contributed by atoms with Crippen LogP contribution in [0.4, 0.5) is 24.5 Å². The van der Waals surface area contributed by atoms with Gasteiger partial charge >= 0.3 is 12.1 Å². The fraction of sp³-hybridized carbons (Fsp3) is 0.385. The number of carbonyl (C=O) groups excluding carboxylic acids is 1. The molecule has 0 unspecified atom stereocenters. The van der Waals surface area contributed by atoms with Crippen molar-refractivity contribution in [3.8, 4) is 0 Å². The number of nitro groups is 1. The predicted molar refractivity (Wildman–Crippen MR) is 76.5 cm³/mol. The number of rotatable bonds is 7. The molecule has 0 atom stereocenters. The average molecular weight is 349 g/mol. The number of nitro benzene ring substituents is 1. The zero-order valence-electron chi connectivity index (χ0n) is 12.5. The summed E-state index contributed by atoms with van der Waals surface area (Å²) < 4.78 is 37.7. The van der Waals surface area contributed by atoms with Crippen LogP contribution in [0.15, 0.2) is 18.2 Å². The number of nitrogens with one attached hydrogen (secondary N) is 1. The summed E-state index contributed by atoms with van der Waals surface area (Å²) in [6.45, 7) is -0.603. The van der Waals surface area contributed by atoms with E-state index >= 15 is 0 Å². The standard InChI is InChI=1S/C13H14F3N3O5/c1-18(7-12(21)22)11(20)4-5-17-9-3-2-8(13(14,15)16)6-10(9)19(23)24/h2-3,6,17H,4-5,7H2,1H3,(H,21,22). The molecule has 0 aliphatic rings. The molecule has 0 fully saturated rings. The first-order chi connectivity index (χ1) is 11.0. The van der Waals surface area contributed by atoms with Gasteiger partial charge in [-0.1, -0.05) is 0 Å². The highest BCUT2D eigenvalue weighted by Gasteiger charge is 2.33. The fourth-order valence-corrected chi connectivity index (χ4v) is 1.79. The van der Waals surface area contributed by atoms with E-state index in [1.165, 1.54) is 7.05 Å². The number of benzene rings is 1. The molecule has 132 valence electrons. The Morgan fingerprint density at radius 3 is 2.50 bits per heavy atom. The lowest BCUT2D eigenvalue weighted by molar-refractivity contribution is -0.384. The van der Waals surface area contributed by atoms with Crippen LogP contribution >= 0.6 is 0 Å². The molecule has 1 aromatic rings. The van der Waals surface area contributed by atoms with Crippen molar-refractivity contribution in [3.63, 3.8) is 0 Å². The maximum absolute atomic E-state index is 12.6. The minimum Gasteiger partial charge on any atom is -0.480 e. The number of aliphatic carboxylic acids is 1. The SMILES string of the molecule is CN(CC(=O)O)C(=O)CCNc1ccc(C(F)(F)F)cc1[N+](=O)[O-]. The van der Waals surface area contributed by atoms with Crippen molar-refractivity contribution in [2.24, 2.45) is 0 Å². The van der Waals surface area contributed by atoms with Crippen molar-refractivity contribution in [1.29, 1.82) is 0 Å². The van der Waals surface area contributed by atoms with Gasteiger partial charge in [0.05, 0.1) is 10.5 Å². The third-order valence-corrected chi connectivity index (χ3v) is 2.97. The number of halogens is 3. The first kappa shape index (κ1) is 19.2. The molecule has 1 rings (SSSR count). The Bertz CT molecular complexity index is 648. The molecule has 11 heteroatoms. The molecule has 2 N–H and O–H groups in total. The molecule has 0 radical (unpaired) electrons. The third-order valence-electron chi connectivity index (χ3n) is 2.97. The normalized spacial score (nSPS) is 11.0. The van der Waals surface area contributed by atoms with Gasteiger partial charge in [0.1, 0.15) is 12.2 Å². The van der Waals surface area contributed by atoms with Crippen LogP contribution in [-0.2, 0) is 15.8 Å². The lowest BCUT2D eigenvalue weighted by Gasteiger charge is -2.15. The van der Waals surface area contributed by atoms with E-state index in [2.05, 4.69) is 5.32 Å². The lowest BCUT2D eigenvalue weighted by Crippen LogP contribution is -2.32. The quantitative estimate of drug-likeness (QED) is 0.575. The average Bonchev–Trinajstić information content (AvgIpc) is 2.45. The molecular weight excluding hydrogens is 335 g/mol. The van der Waals surface area contributed by atoms with Gasteiger partial charge in [-0.05, 0) is 12.1 Å². The summed E-state index contributed by atoms with van der Waals surface area (Å²) >= 11 is 0. The van der Waals surface area contributed by atoms with Crippen LogP contribution in [0.3, 0.4) is 0 Å². The monoisotopic (exact) mass is 349 g/mol. The number of hydrogen-bond donors (Lipinski definition) is 2. The number of likely N-dealkylation sites (N-methyl/N-ethyl adjacent to an activating group) is 1. The van der Waals surface area contributed by atoms with E-state index in [9.17, 15) is 32.9 Å². The fourth-order valence-electron chi connectivity index (χ4n) is 1.79. The predicted octanol–water partition coefficient (Wildman–Crippen LogP) is 1.96. The number of amides is 1. The molecular formula is C13H14F3N3O5. The number of alkyl halides is 3. The van der Waals surface area contributed by atoms with Gasteiger partial charge in [-0.2, -0.15) is 13.2 Å². The van der Waals surface area contributed by atoms with Gasteiger partial charge in [0.2, 0.25) is 5.91 Å². The van der Waals surface area contributed by atoms with Crippen molar-refractivity contribution in [2.45, 2.75) is 12.6 Å². The summed E-state index contributed by atoms with van der Waals surface area (Å²) in [7, 11) is 1.27. The molecule has 0 saturated heterocycles. The minimum absolute atomic E-state index is 0.102. The summed E-state index contributed by atoms with van der Waals surface area (Å²) in [4.78, 5) is 33.0. The molecule has 1 amide bonds. The Labute approximate surface area is 134 Å². The highest BCUT2D eigenvalue weighted by molar-refractivity contribution is 5.81. The van der Waals surface area contributed by atoms with E-state index in [0.29, 0.717) is 12.1 Å². The summed E-state index contributed by atoms with van der Waals surface area (Å²) in [5, 5.41) is 21.9. The van der Waals surface area contributed by atoms with Crippen LogP contribution in [0.1, 0.15) is 12.0 Å². The van der Waals surface area contributed by atoms with Gasteiger partial charge in [-0.25, -0.2) is 0 Å². The second-order valence-corrected chi connectivity index (χ2v) is 4.81. The summed E-state index contributed by atoms with van der Waals surface area (Å²) in [6, 6.07) is 2.00. The van der Waals surface area contributed by atoms with E-state index in [4.69, 9.17) is 5.11 Å².